The van der Waals surface area contributed by atoms with Crippen molar-refractivity contribution in [2.24, 2.45) is 0 Å². The molecule has 0 spiro atoms. The monoisotopic (exact) mass is 566 g/mol. The standard InChI is InChI=1S/C31H34N8O3/c1-21-19-36(16-15-35(21)2)23-9-7-22(8-10-23)33-31-32-18-25-29(34-31)39-24-11-12-27-26(17-24)37(28(40)20-42-27)13-5-3-4-6-14-38(39)30(25)41/h4,6-12,17-18,21H,3,5,13-16,19-20H2,1-2H3,(H,32,33,34)/b6-4-. The third-order valence-corrected chi connectivity index (χ3v) is 8.45. The van der Waals surface area contributed by atoms with E-state index < -0.39 is 0 Å². The molecule has 11 nitrogen and oxygen atoms in total. The zero-order valence-corrected chi connectivity index (χ0v) is 23.9. The van der Waals surface area contributed by atoms with E-state index in [1.165, 1.54) is 5.69 Å². The normalized spacial score (nSPS) is 20.0. The number of rotatable bonds is 3. The maximum Gasteiger partial charge on any atom is 0.278 e. The summed E-state index contributed by atoms with van der Waals surface area (Å²) < 4.78 is 9.19. The zero-order valence-electron chi connectivity index (χ0n) is 23.9. The Morgan fingerprint density at radius 3 is 2.67 bits per heavy atom. The first-order chi connectivity index (χ1) is 20.5. The summed E-state index contributed by atoms with van der Waals surface area (Å²) in [5, 5.41) is 3.73. The predicted molar refractivity (Wildman–Crippen MR) is 163 cm³/mol. The number of likely N-dealkylation sites (N-methyl/N-ethyl adjacent to an activating group) is 1. The molecule has 1 amide bonds. The van der Waals surface area contributed by atoms with Crippen LogP contribution >= 0.6 is 0 Å². The molecule has 1 saturated heterocycles. The number of nitrogens with zero attached hydrogens (tertiary/aromatic N) is 7. The Bertz CT molecular complexity index is 1740. The Kier molecular flexibility index (Phi) is 6.66. The molecule has 1 N–H and O–H groups in total. The second-order valence-corrected chi connectivity index (χ2v) is 11.2. The molecule has 1 unspecified atom stereocenters. The van der Waals surface area contributed by atoms with Crippen LogP contribution in [0.4, 0.5) is 23.0 Å². The number of nitrogens with one attached hydrogen (secondary N) is 1. The van der Waals surface area contributed by atoms with Gasteiger partial charge >= 0.3 is 0 Å². The summed E-state index contributed by atoms with van der Waals surface area (Å²) in [6.45, 7) is 6.30. The highest BCUT2D eigenvalue weighted by atomic mass is 16.5. The first-order valence-corrected chi connectivity index (χ1v) is 14.5. The van der Waals surface area contributed by atoms with Gasteiger partial charge in [-0.25, -0.2) is 14.3 Å². The molecule has 1 atom stereocenters. The summed E-state index contributed by atoms with van der Waals surface area (Å²) in [4.78, 5) is 42.2. The van der Waals surface area contributed by atoms with Crippen LogP contribution in [0.25, 0.3) is 16.7 Å². The van der Waals surface area contributed by atoms with Crippen molar-refractivity contribution in [3.63, 3.8) is 0 Å². The molecule has 42 heavy (non-hydrogen) atoms. The van der Waals surface area contributed by atoms with Crippen LogP contribution in [0.5, 0.6) is 5.75 Å². The number of amides is 1. The lowest BCUT2D eigenvalue weighted by molar-refractivity contribution is -0.121. The molecule has 2 aromatic carbocycles. The number of allylic oxidation sites excluding steroid dienone is 2. The first-order valence-electron chi connectivity index (χ1n) is 14.5. The summed E-state index contributed by atoms with van der Waals surface area (Å²) in [7, 11) is 2.17. The summed E-state index contributed by atoms with van der Waals surface area (Å²) in [5.41, 5.74) is 3.78. The van der Waals surface area contributed by atoms with Crippen molar-refractivity contribution >= 4 is 40.0 Å². The fraction of sp³-hybridized carbons (Fsp3) is 0.355. The molecule has 11 heteroatoms. The Morgan fingerprint density at radius 2 is 1.83 bits per heavy atom. The molecular formula is C31H34N8O3. The maximum atomic E-state index is 13.5. The molecule has 1 fully saturated rings. The average molecular weight is 567 g/mol. The topological polar surface area (TPSA) is 101 Å². The summed E-state index contributed by atoms with van der Waals surface area (Å²) >= 11 is 0. The Hall–Kier alpha value is -4.64. The molecule has 2 aromatic heterocycles. The van der Waals surface area contributed by atoms with Crippen LogP contribution in [0.1, 0.15) is 19.8 Å². The molecule has 0 saturated carbocycles. The molecule has 0 radical (unpaired) electrons. The Morgan fingerprint density at radius 1 is 1.00 bits per heavy atom. The highest BCUT2D eigenvalue weighted by Gasteiger charge is 2.27. The minimum absolute atomic E-state index is 0.0249. The van der Waals surface area contributed by atoms with Gasteiger partial charge < -0.3 is 24.8 Å². The van der Waals surface area contributed by atoms with Crippen LogP contribution in [0.3, 0.4) is 0 Å². The molecule has 5 heterocycles. The number of piperazine rings is 1. The first kappa shape index (κ1) is 26.3. The van der Waals surface area contributed by atoms with Gasteiger partial charge in [0.1, 0.15) is 11.1 Å². The fourth-order valence-corrected chi connectivity index (χ4v) is 5.91. The number of benzene rings is 2. The van der Waals surface area contributed by atoms with Crippen LogP contribution in [0.2, 0.25) is 0 Å². The number of carbonyl (C=O) groups is 1. The third-order valence-electron chi connectivity index (χ3n) is 8.45. The van der Waals surface area contributed by atoms with E-state index in [0.717, 1.165) is 38.2 Å². The van der Waals surface area contributed by atoms with Crippen molar-refractivity contribution in [2.75, 3.05) is 55.0 Å². The summed E-state index contributed by atoms with van der Waals surface area (Å²) in [6.07, 6.45) is 7.25. The predicted octanol–water partition coefficient (Wildman–Crippen LogP) is 3.54. The van der Waals surface area contributed by atoms with Gasteiger partial charge in [0.15, 0.2) is 12.3 Å². The van der Waals surface area contributed by atoms with Gasteiger partial charge in [0, 0.05) is 49.8 Å². The molecular weight excluding hydrogens is 532 g/mol. The van der Waals surface area contributed by atoms with Crippen LogP contribution < -0.4 is 25.4 Å². The van der Waals surface area contributed by atoms with Gasteiger partial charge in [0.2, 0.25) is 5.95 Å². The molecule has 3 aliphatic rings. The third kappa shape index (κ3) is 4.69. The van der Waals surface area contributed by atoms with Gasteiger partial charge in [-0.1, -0.05) is 12.2 Å². The van der Waals surface area contributed by atoms with Crippen LogP contribution in [0, 0.1) is 0 Å². The Balaban J connectivity index is 1.25. The molecule has 216 valence electrons. The van der Waals surface area contributed by atoms with Gasteiger partial charge in [-0.2, -0.15) is 4.98 Å². The van der Waals surface area contributed by atoms with E-state index in [4.69, 9.17) is 9.72 Å². The summed E-state index contributed by atoms with van der Waals surface area (Å²) in [5.74, 6) is 0.976. The number of carbonyl (C=O) groups excluding carboxylic acids is 1. The molecule has 3 aliphatic heterocycles. The molecule has 0 aliphatic carbocycles. The zero-order chi connectivity index (χ0) is 28.8. The van der Waals surface area contributed by atoms with E-state index in [0.29, 0.717) is 53.2 Å². The second-order valence-electron chi connectivity index (χ2n) is 11.2. The number of ether oxygens (including phenoxy) is 1. The minimum Gasteiger partial charge on any atom is -0.482 e. The lowest BCUT2D eigenvalue weighted by Crippen LogP contribution is -2.50. The number of fused-ring (bicyclic) bond motifs is 5. The fourth-order valence-electron chi connectivity index (χ4n) is 5.91. The maximum absolute atomic E-state index is 13.5. The highest BCUT2D eigenvalue weighted by molar-refractivity contribution is 5.98. The largest absolute Gasteiger partial charge is 0.482 e. The number of hydrogen-bond donors (Lipinski definition) is 1. The van der Waals surface area contributed by atoms with Gasteiger partial charge in [0.25, 0.3) is 11.5 Å². The average Bonchev–Trinajstić information content (AvgIpc) is 3.27. The quantitative estimate of drug-likeness (QED) is 0.376. The Labute approximate surface area is 243 Å². The second kappa shape index (κ2) is 10.6. The SMILES string of the molecule is CC1CN(c2ccc(Nc3ncc4c(=O)n5n(c4n3)-c3ccc4c(c3)N(CCC/C=C\C5)C(=O)CO4)cc2)CCN1C. The van der Waals surface area contributed by atoms with E-state index in [1.807, 2.05) is 41.1 Å². The van der Waals surface area contributed by atoms with Crippen LogP contribution in [-0.2, 0) is 11.3 Å². The molecule has 7 rings (SSSR count). The van der Waals surface area contributed by atoms with Crippen molar-refractivity contribution in [1.29, 1.82) is 0 Å². The van der Waals surface area contributed by atoms with E-state index in [1.54, 1.807) is 15.8 Å². The summed E-state index contributed by atoms with van der Waals surface area (Å²) in [6, 6.07) is 14.4. The molecule has 2 bridgehead atoms. The molecule has 4 aromatic rings. The van der Waals surface area contributed by atoms with E-state index in [9.17, 15) is 9.59 Å². The van der Waals surface area contributed by atoms with E-state index in [2.05, 4.69) is 52.3 Å². The van der Waals surface area contributed by atoms with Gasteiger partial charge in [-0.3, -0.25) is 9.59 Å². The number of anilines is 4. The smallest absolute Gasteiger partial charge is 0.278 e. The van der Waals surface area contributed by atoms with Crippen molar-refractivity contribution in [3.05, 3.63) is 71.2 Å². The highest BCUT2D eigenvalue weighted by Crippen LogP contribution is 2.35. The number of aromatic nitrogens is 4. The van der Waals surface area contributed by atoms with Crippen LogP contribution in [0.15, 0.2) is 65.6 Å². The van der Waals surface area contributed by atoms with Crippen LogP contribution in [-0.4, -0.2) is 76.0 Å². The van der Waals surface area contributed by atoms with Gasteiger partial charge in [-0.05, 0) is 69.3 Å². The van der Waals surface area contributed by atoms with Crippen molar-refractivity contribution in [2.45, 2.75) is 32.4 Å². The van der Waals surface area contributed by atoms with Crippen molar-refractivity contribution in [3.8, 4) is 11.4 Å². The minimum atomic E-state index is -0.175. The lowest BCUT2D eigenvalue weighted by Gasteiger charge is -2.39. The van der Waals surface area contributed by atoms with Crippen molar-refractivity contribution in [1.82, 2.24) is 24.2 Å². The van der Waals surface area contributed by atoms with E-state index >= 15 is 0 Å². The van der Waals surface area contributed by atoms with Gasteiger partial charge in [-0.15, -0.1) is 0 Å². The van der Waals surface area contributed by atoms with Crippen molar-refractivity contribution < 1.29 is 9.53 Å². The van der Waals surface area contributed by atoms with Gasteiger partial charge in [0.05, 0.1) is 17.9 Å². The lowest BCUT2D eigenvalue weighted by atomic mass is 10.1. The van der Waals surface area contributed by atoms with E-state index in [-0.39, 0.29) is 18.1 Å². The number of hydrogen-bond acceptors (Lipinski definition) is 8.